The number of phenols is 1. The molecule has 0 unspecified atom stereocenters. The first-order valence-electron chi connectivity index (χ1n) is 6.97. The first kappa shape index (κ1) is 15.9. The quantitative estimate of drug-likeness (QED) is 0.802. The Bertz CT molecular complexity index is 611. The molecule has 22 heavy (non-hydrogen) atoms. The molecule has 0 fully saturated rings. The molecule has 0 aliphatic carbocycles. The second-order valence-electron chi connectivity index (χ2n) is 4.61. The van der Waals surface area contributed by atoms with Crippen LogP contribution in [0.2, 0.25) is 0 Å². The number of carbonyl (C=O) groups is 1. The normalized spacial score (nSPS) is 13.2. The zero-order valence-electron chi connectivity index (χ0n) is 12.2. The van der Waals surface area contributed by atoms with E-state index in [0.717, 1.165) is 0 Å². The van der Waals surface area contributed by atoms with Crippen LogP contribution in [0.15, 0.2) is 54.6 Å². The number of ether oxygens (including phenoxy) is 2. The Balaban J connectivity index is 2.27. The molecule has 0 radical (unpaired) electrons. The van der Waals surface area contributed by atoms with Crippen molar-refractivity contribution in [2.45, 2.75) is 19.1 Å². The Labute approximate surface area is 128 Å². The van der Waals surface area contributed by atoms with E-state index in [4.69, 9.17) is 9.47 Å². The fourth-order valence-corrected chi connectivity index (χ4v) is 1.98. The molecule has 0 aliphatic rings. The molecule has 0 spiro atoms. The topological polar surface area (TPSA) is 76.0 Å². The molecule has 2 aromatic carbocycles. The molecule has 5 nitrogen and oxygen atoms in total. The van der Waals surface area contributed by atoms with Gasteiger partial charge >= 0.3 is 5.97 Å². The van der Waals surface area contributed by atoms with E-state index in [9.17, 15) is 15.0 Å². The Morgan fingerprint density at radius 1 is 1.09 bits per heavy atom. The maximum absolute atomic E-state index is 12.1. The van der Waals surface area contributed by atoms with Gasteiger partial charge in [-0.3, -0.25) is 0 Å². The zero-order valence-corrected chi connectivity index (χ0v) is 12.2. The van der Waals surface area contributed by atoms with Gasteiger partial charge in [0.05, 0.1) is 6.61 Å². The summed E-state index contributed by atoms with van der Waals surface area (Å²) in [4.78, 5) is 12.1. The van der Waals surface area contributed by atoms with Crippen LogP contribution in [-0.2, 0) is 9.53 Å². The summed E-state index contributed by atoms with van der Waals surface area (Å²) in [5, 5.41) is 20.2. The van der Waals surface area contributed by atoms with Crippen LogP contribution in [0, 0.1) is 0 Å². The number of hydrogen-bond acceptors (Lipinski definition) is 5. The lowest BCUT2D eigenvalue weighted by molar-refractivity contribution is -0.157. The Morgan fingerprint density at radius 3 is 2.36 bits per heavy atom. The van der Waals surface area contributed by atoms with Crippen molar-refractivity contribution in [2.24, 2.45) is 0 Å². The van der Waals surface area contributed by atoms with Crippen molar-refractivity contribution in [3.05, 3.63) is 60.2 Å². The number of para-hydroxylation sites is 2. The van der Waals surface area contributed by atoms with Crippen LogP contribution in [0.5, 0.6) is 11.5 Å². The maximum Gasteiger partial charge on any atom is 0.350 e. The fourth-order valence-electron chi connectivity index (χ4n) is 1.98. The molecule has 0 aromatic heterocycles. The SMILES string of the molecule is CCOC(=O)[C@@H](Oc1ccccc1O)[C@@H](O)c1ccccc1. The molecular weight excluding hydrogens is 284 g/mol. The number of hydrogen-bond donors (Lipinski definition) is 2. The zero-order chi connectivity index (χ0) is 15.9. The largest absolute Gasteiger partial charge is 0.504 e. The lowest BCUT2D eigenvalue weighted by atomic mass is 10.0. The number of rotatable bonds is 6. The molecule has 2 aromatic rings. The van der Waals surface area contributed by atoms with Gasteiger partial charge in [0.2, 0.25) is 6.10 Å². The van der Waals surface area contributed by atoms with E-state index in [1.807, 2.05) is 0 Å². The molecular formula is C17H18O5. The number of aliphatic hydroxyl groups excluding tert-OH is 1. The highest BCUT2D eigenvalue weighted by Crippen LogP contribution is 2.29. The van der Waals surface area contributed by atoms with E-state index < -0.39 is 18.2 Å². The second-order valence-corrected chi connectivity index (χ2v) is 4.61. The summed E-state index contributed by atoms with van der Waals surface area (Å²) in [6.45, 7) is 1.84. The predicted molar refractivity (Wildman–Crippen MR) is 80.6 cm³/mol. The van der Waals surface area contributed by atoms with E-state index in [-0.39, 0.29) is 18.1 Å². The van der Waals surface area contributed by atoms with Crippen molar-refractivity contribution in [1.29, 1.82) is 0 Å². The monoisotopic (exact) mass is 302 g/mol. The highest BCUT2D eigenvalue weighted by Gasteiger charge is 2.32. The average molecular weight is 302 g/mol. The lowest BCUT2D eigenvalue weighted by Gasteiger charge is -2.23. The van der Waals surface area contributed by atoms with Crippen LogP contribution in [0.1, 0.15) is 18.6 Å². The molecule has 0 saturated carbocycles. The van der Waals surface area contributed by atoms with Gasteiger partial charge in [0, 0.05) is 0 Å². The molecule has 5 heteroatoms. The van der Waals surface area contributed by atoms with Gasteiger partial charge in [-0.2, -0.15) is 0 Å². The Kier molecular flexibility index (Phi) is 5.38. The third kappa shape index (κ3) is 3.77. The van der Waals surface area contributed by atoms with Crippen molar-refractivity contribution in [3.63, 3.8) is 0 Å². The van der Waals surface area contributed by atoms with Crippen molar-refractivity contribution < 1.29 is 24.5 Å². The van der Waals surface area contributed by atoms with Gasteiger partial charge in [-0.05, 0) is 24.6 Å². The Morgan fingerprint density at radius 2 is 1.73 bits per heavy atom. The van der Waals surface area contributed by atoms with Crippen molar-refractivity contribution in [2.75, 3.05) is 6.61 Å². The highest BCUT2D eigenvalue weighted by molar-refractivity contribution is 5.76. The smallest absolute Gasteiger partial charge is 0.350 e. The van der Waals surface area contributed by atoms with Crippen LogP contribution < -0.4 is 4.74 Å². The number of aromatic hydroxyl groups is 1. The second kappa shape index (κ2) is 7.47. The van der Waals surface area contributed by atoms with E-state index in [0.29, 0.717) is 5.56 Å². The molecule has 2 atom stereocenters. The lowest BCUT2D eigenvalue weighted by Crippen LogP contribution is -2.35. The summed E-state index contributed by atoms with van der Waals surface area (Å²) < 4.78 is 10.5. The van der Waals surface area contributed by atoms with Gasteiger partial charge in [-0.15, -0.1) is 0 Å². The summed E-state index contributed by atoms with van der Waals surface area (Å²) in [5.74, 6) is -0.699. The van der Waals surface area contributed by atoms with Crippen LogP contribution in [0.3, 0.4) is 0 Å². The van der Waals surface area contributed by atoms with E-state index in [2.05, 4.69) is 0 Å². The van der Waals surface area contributed by atoms with Gasteiger partial charge in [-0.1, -0.05) is 42.5 Å². The minimum atomic E-state index is -1.27. The minimum Gasteiger partial charge on any atom is -0.504 e. The van der Waals surface area contributed by atoms with E-state index >= 15 is 0 Å². The summed E-state index contributed by atoms with van der Waals surface area (Å²) >= 11 is 0. The van der Waals surface area contributed by atoms with Gasteiger partial charge in [0.25, 0.3) is 0 Å². The van der Waals surface area contributed by atoms with E-state index in [1.54, 1.807) is 49.4 Å². The number of esters is 1. The van der Waals surface area contributed by atoms with E-state index in [1.165, 1.54) is 12.1 Å². The van der Waals surface area contributed by atoms with Crippen molar-refractivity contribution in [3.8, 4) is 11.5 Å². The Hall–Kier alpha value is -2.53. The average Bonchev–Trinajstić information content (AvgIpc) is 2.54. The van der Waals surface area contributed by atoms with Gasteiger partial charge in [0.15, 0.2) is 11.5 Å². The molecule has 116 valence electrons. The summed E-state index contributed by atoms with van der Waals surface area (Å²) in [5.41, 5.74) is 0.524. The van der Waals surface area contributed by atoms with Gasteiger partial charge in [-0.25, -0.2) is 4.79 Å². The molecule has 2 rings (SSSR count). The number of phenolic OH excluding ortho intramolecular Hbond substituents is 1. The molecule has 0 bridgehead atoms. The predicted octanol–water partition coefficient (Wildman–Crippen LogP) is 2.44. The third-order valence-electron chi connectivity index (χ3n) is 3.07. The molecule has 0 saturated heterocycles. The number of benzene rings is 2. The summed E-state index contributed by atoms with van der Waals surface area (Å²) in [7, 11) is 0. The first-order valence-corrected chi connectivity index (χ1v) is 6.97. The summed E-state index contributed by atoms with van der Waals surface area (Å²) in [6.07, 6.45) is -2.48. The highest BCUT2D eigenvalue weighted by atomic mass is 16.6. The first-order chi connectivity index (χ1) is 10.6. The van der Waals surface area contributed by atoms with Crippen LogP contribution in [-0.4, -0.2) is 28.9 Å². The minimum absolute atomic E-state index is 0.107. The number of aliphatic hydroxyl groups is 1. The van der Waals surface area contributed by atoms with Crippen molar-refractivity contribution >= 4 is 5.97 Å². The third-order valence-corrected chi connectivity index (χ3v) is 3.07. The van der Waals surface area contributed by atoms with Crippen LogP contribution in [0.25, 0.3) is 0 Å². The molecule has 0 aliphatic heterocycles. The summed E-state index contributed by atoms with van der Waals surface area (Å²) in [6, 6.07) is 14.9. The number of carbonyl (C=O) groups excluding carboxylic acids is 1. The maximum atomic E-state index is 12.1. The molecule has 0 heterocycles. The van der Waals surface area contributed by atoms with Crippen molar-refractivity contribution in [1.82, 2.24) is 0 Å². The van der Waals surface area contributed by atoms with Crippen LogP contribution in [0.4, 0.5) is 0 Å². The molecule has 0 amide bonds. The van der Waals surface area contributed by atoms with Crippen LogP contribution >= 0.6 is 0 Å². The van der Waals surface area contributed by atoms with Gasteiger partial charge in [0.1, 0.15) is 6.10 Å². The fraction of sp³-hybridized carbons (Fsp3) is 0.235. The molecule has 2 N–H and O–H groups in total. The standard InChI is InChI=1S/C17H18O5/c1-2-21-17(20)16(15(19)12-8-4-3-5-9-12)22-14-11-7-6-10-13(14)18/h3-11,15-16,18-19H,2H2,1H3/t15-,16-/m0/s1. The van der Waals surface area contributed by atoms with Gasteiger partial charge < -0.3 is 19.7 Å².